The molecule has 0 saturated carbocycles. The van der Waals surface area contributed by atoms with Crippen LogP contribution in [0.2, 0.25) is 0 Å². The Bertz CT molecular complexity index is 2210. The number of anilines is 9. The van der Waals surface area contributed by atoms with E-state index >= 15 is 0 Å². The molecule has 0 unspecified atom stereocenters. The van der Waals surface area contributed by atoms with Crippen molar-refractivity contribution in [3.05, 3.63) is 255 Å². The summed E-state index contributed by atoms with van der Waals surface area (Å²) < 4.78 is 4.17. The van der Waals surface area contributed by atoms with Crippen LogP contribution in [0.3, 0.4) is 0 Å². The molecule has 0 aromatic heterocycles. The van der Waals surface area contributed by atoms with Gasteiger partial charge < -0.3 is 0 Å². The molecular formula is C54H42N3Te+. The maximum absolute atomic E-state index is 2.40. The zero-order chi connectivity index (χ0) is 38.9. The zero-order valence-electron chi connectivity index (χ0n) is 32.0. The predicted molar refractivity (Wildman–Crippen MR) is 248 cm³/mol. The number of hydrogen-bond acceptors (Lipinski definition) is 3. The summed E-state index contributed by atoms with van der Waals surface area (Å²) in [6.07, 6.45) is 0. The fraction of sp³-hybridized carbons (Fsp3) is 0. The first-order chi connectivity index (χ1) is 28.8. The Morgan fingerprint density at radius 2 is 0.328 bits per heavy atom. The van der Waals surface area contributed by atoms with Crippen LogP contribution in [0.4, 0.5) is 51.2 Å². The molecule has 0 fully saturated rings. The molecule has 0 spiro atoms. The third-order valence-corrected chi connectivity index (χ3v) is 16.4. The van der Waals surface area contributed by atoms with Gasteiger partial charge in [0.15, 0.2) is 0 Å². The van der Waals surface area contributed by atoms with Crippen molar-refractivity contribution >= 4 is 81.6 Å². The van der Waals surface area contributed by atoms with Crippen molar-refractivity contribution in [2.75, 3.05) is 14.7 Å². The summed E-state index contributed by atoms with van der Waals surface area (Å²) in [6, 6.07) is 91.7. The van der Waals surface area contributed by atoms with E-state index < -0.39 is 19.6 Å². The van der Waals surface area contributed by atoms with E-state index in [4.69, 9.17) is 0 Å². The fourth-order valence-electron chi connectivity index (χ4n) is 7.41. The summed E-state index contributed by atoms with van der Waals surface area (Å²) in [6.45, 7) is 0. The molecule has 0 aliphatic heterocycles. The van der Waals surface area contributed by atoms with Gasteiger partial charge in [0.05, 0.1) is 0 Å². The molecule has 9 aromatic carbocycles. The number of benzene rings is 9. The average molecular weight is 861 g/mol. The molecule has 0 N–H and O–H groups in total. The van der Waals surface area contributed by atoms with Crippen LogP contribution >= 0.6 is 0 Å². The standard InChI is InChI=1S/C54H42N3Te/c1-7-19-43(20-8-1)55(44-21-9-2-10-22-44)49-31-37-52(38-32-49)58(53-39-33-50(34-40-53)56(45-23-11-3-12-24-45)46-25-13-4-14-26-46)54-41-35-51(36-42-54)57(47-27-15-5-16-28-47)48-29-17-6-18-30-48/h1-42H/q+1. The summed E-state index contributed by atoms with van der Waals surface area (Å²) in [4.78, 5) is 6.99. The van der Waals surface area contributed by atoms with Crippen molar-refractivity contribution in [2.45, 2.75) is 0 Å². The summed E-state index contributed by atoms with van der Waals surface area (Å²) in [5.74, 6) is 0. The van der Waals surface area contributed by atoms with Gasteiger partial charge in [-0.25, -0.2) is 0 Å². The second kappa shape index (κ2) is 17.5. The van der Waals surface area contributed by atoms with E-state index in [1.165, 1.54) is 10.8 Å². The minimum absolute atomic E-state index is 1.13. The van der Waals surface area contributed by atoms with Crippen molar-refractivity contribution in [1.82, 2.24) is 0 Å². The first kappa shape index (κ1) is 36.8. The number of hydrogen-bond donors (Lipinski definition) is 0. The van der Waals surface area contributed by atoms with Crippen molar-refractivity contribution in [3.8, 4) is 0 Å². The average Bonchev–Trinajstić information content (AvgIpc) is 3.30. The SMILES string of the molecule is c1ccc(N(c2ccccc2)c2ccc([Te+](c3ccc(N(c4ccccc4)c4ccccc4)cc3)c3ccc(N(c4ccccc4)c4ccccc4)cc3)cc2)cc1. The monoisotopic (exact) mass is 862 g/mol. The number of nitrogens with zero attached hydrogens (tertiary/aromatic N) is 3. The second-order valence-corrected chi connectivity index (χ2v) is 19.6. The summed E-state index contributed by atoms with van der Waals surface area (Å²) in [5, 5.41) is 0. The maximum atomic E-state index is 2.37. The zero-order valence-corrected chi connectivity index (χ0v) is 34.3. The molecule has 0 heterocycles. The van der Waals surface area contributed by atoms with Crippen LogP contribution < -0.4 is 25.5 Å². The molecule has 0 amide bonds. The first-order valence-electron chi connectivity index (χ1n) is 19.6. The normalized spacial score (nSPS) is 10.9. The molecule has 58 heavy (non-hydrogen) atoms. The Labute approximate surface area is 349 Å². The summed E-state index contributed by atoms with van der Waals surface area (Å²) in [5.41, 5.74) is 10.2. The Morgan fingerprint density at radius 1 is 0.172 bits per heavy atom. The van der Waals surface area contributed by atoms with E-state index in [9.17, 15) is 0 Å². The third kappa shape index (κ3) is 8.03. The molecule has 0 atom stereocenters. The van der Waals surface area contributed by atoms with Gasteiger partial charge in [0.2, 0.25) is 0 Å². The molecule has 0 radical (unpaired) electrons. The van der Waals surface area contributed by atoms with Crippen LogP contribution in [-0.4, -0.2) is 19.6 Å². The van der Waals surface area contributed by atoms with E-state index in [1.54, 1.807) is 0 Å². The molecule has 0 aliphatic rings. The molecule has 9 rings (SSSR count). The van der Waals surface area contributed by atoms with Gasteiger partial charge in [0, 0.05) is 0 Å². The topological polar surface area (TPSA) is 9.72 Å². The van der Waals surface area contributed by atoms with Gasteiger partial charge in [0.1, 0.15) is 0 Å². The Balaban J connectivity index is 1.13. The van der Waals surface area contributed by atoms with Gasteiger partial charge in [-0.15, -0.1) is 0 Å². The van der Waals surface area contributed by atoms with Crippen LogP contribution in [0, 0.1) is 0 Å². The van der Waals surface area contributed by atoms with Crippen molar-refractivity contribution in [1.29, 1.82) is 0 Å². The van der Waals surface area contributed by atoms with Crippen LogP contribution in [0.5, 0.6) is 0 Å². The summed E-state index contributed by atoms with van der Waals surface area (Å²) >= 11 is -2.40. The van der Waals surface area contributed by atoms with Gasteiger partial charge in [-0.05, 0) is 0 Å². The van der Waals surface area contributed by atoms with Gasteiger partial charge in [-0.1, -0.05) is 0 Å². The Morgan fingerprint density at radius 3 is 0.500 bits per heavy atom. The van der Waals surface area contributed by atoms with Gasteiger partial charge in [0.25, 0.3) is 0 Å². The van der Waals surface area contributed by atoms with Crippen LogP contribution in [0.1, 0.15) is 0 Å². The second-order valence-electron chi connectivity index (χ2n) is 13.8. The van der Waals surface area contributed by atoms with E-state index in [1.807, 2.05) is 0 Å². The Kier molecular flexibility index (Phi) is 11.1. The van der Waals surface area contributed by atoms with Crippen molar-refractivity contribution in [3.63, 3.8) is 0 Å². The van der Waals surface area contributed by atoms with E-state index in [2.05, 4.69) is 269 Å². The molecular weight excluding hydrogens is 818 g/mol. The molecule has 9 aromatic rings. The summed E-state index contributed by atoms with van der Waals surface area (Å²) in [7, 11) is 0. The van der Waals surface area contributed by atoms with E-state index in [0.29, 0.717) is 0 Å². The third-order valence-electron chi connectivity index (χ3n) is 10.1. The quantitative estimate of drug-likeness (QED) is 0.113. The van der Waals surface area contributed by atoms with Crippen LogP contribution in [0.25, 0.3) is 0 Å². The number of rotatable bonds is 12. The van der Waals surface area contributed by atoms with Crippen LogP contribution in [0.15, 0.2) is 255 Å². The molecule has 0 aliphatic carbocycles. The van der Waals surface area contributed by atoms with Gasteiger partial charge in [-0.2, -0.15) is 0 Å². The minimum atomic E-state index is -2.40. The van der Waals surface area contributed by atoms with Crippen molar-refractivity contribution < 1.29 is 0 Å². The Hall–Kier alpha value is -6.83. The van der Waals surface area contributed by atoms with E-state index in [-0.39, 0.29) is 0 Å². The predicted octanol–water partition coefficient (Wildman–Crippen LogP) is 12.6. The molecule has 4 heteroatoms. The number of para-hydroxylation sites is 6. The molecule has 0 saturated heterocycles. The van der Waals surface area contributed by atoms with Crippen LogP contribution in [-0.2, 0) is 0 Å². The first-order valence-corrected chi connectivity index (χ1v) is 23.0. The fourth-order valence-corrected chi connectivity index (χ4v) is 13.2. The van der Waals surface area contributed by atoms with Gasteiger partial charge in [-0.3, -0.25) is 0 Å². The van der Waals surface area contributed by atoms with Crippen molar-refractivity contribution in [2.24, 2.45) is 0 Å². The molecule has 0 bridgehead atoms. The molecule has 3 nitrogen and oxygen atoms in total. The van der Waals surface area contributed by atoms with Gasteiger partial charge >= 0.3 is 351 Å². The molecule has 278 valence electrons. The van der Waals surface area contributed by atoms with E-state index in [0.717, 1.165) is 51.2 Å².